The zero-order valence-corrected chi connectivity index (χ0v) is 15.6. The minimum atomic E-state index is -3.76. The predicted molar refractivity (Wildman–Crippen MR) is 106 cm³/mol. The number of benzene rings is 3. The lowest BCUT2D eigenvalue weighted by molar-refractivity contribution is -0.115. The van der Waals surface area contributed by atoms with Crippen molar-refractivity contribution in [1.82, 2.24) is 4.72 Å². The van der Waals surface area contributed by atoms with E-state index in [1.807, 2.05) is 42.5 Å². The van der Waals surface area contributed by atoms with Gasteiger partial charge in [0.1, 0.15) is 0 Å². The molecule has 5 nitrogen and oxygen atoms in total. The summed E-state index contributed by atoms with van der Waals surface area (Å²) in [5.74, 6) is -0.391. The Morgan fingerprint density at radius 1 is 0.889 bits per heavy atom. The SMILES string of the molecule is O=C(CNS(=O)(=O)c1ccc2ccccc2c1)Nc1ccc2c(c1)CCC2. The van der Waals surface area contributed by atoms with E-state index in [1.54, 1.807) is 18.2 Å². The van der Waals surface area contributed by atoms with Crippen LogP contribution in [0.4, 0.5) is 5.69 Å². The molecule has 27 heavy (non-hydrogen) atoms. The number of anilines is 1. The number of carbonyl (C=O) groups excluding carboxylic acids is 1. The molecule has 1 amide bonds. The van der Waals surface area contributed by atoms with E-state index in [4.69, 9.17) is 0 Å². The first-order valence-electron chi connectivity index (χ1n) is 8.91. The van der Waals surface area contributed by atoms with Crippen LogP contribution in [0.15, 0.2) is 65.6 Å². The van der Waals surface area contributed by atoms with Gasteiger partial charge in [-0.25, -0.2) is 13.1 Å². The molecular weight excluding hydrogens is 360 g/mol. The molecule has 0 saturated carbocycles. The molecule has 0 bridgehead atoms. The van der Waals surface area contributed by atoms with E-state index in [0.717, 1.165) is 30.0 Å². The Morgan fingerprint density at radius 3 is 2.52 bits per heavy atom. The van der Waals surface area contributed by atoms with Crippen molar-refractivity contribution in [2.75, 3.05) is 11.9 Å². The molecule has 0 aromatic heterocycles. The van der Waals surface area contributed by atoms with Gasteiger partial charge in [0, 0.05) is 5.69 Å². The smallest absolute Gasteiger partial charge is 0.241 e. The van der Waals surface area contributed by atoms with Gasteiger partial charge < -0.3 is 5.32 Å². The van der Waals surface area contributed by atoms with E-state index in [0.29, 0.717) is 5.69 Å². The zero-order valence-electron chi connectivity index (χ0n) is 14.7. The number of aryl methyl sites for hydroxylation is 2. The highest BCUT2D eigenvalue weighted by Crippen LogP contribution is 2.25. The Labute approximate surface area is 158 Å². The van der Waals surface area contributed by atoms with Crippen molar-refractivity contribution in [3.05, 3.63) is 71.8 Å². The molecule has 3 aromatic carbocycles. The van der Waals surface area contributed by atoms with Gasteiger partial charge in [0.2, 0.25) is 15.9 Å². The first-order valence-corrected chi connectivity index (χ1v) is 10.4. The Bertz CT molecular complexity index is 1120. The molecule has 0 heterocycles. The molecule has 0 radical (unpaired) electrons. The highest BCUT2D eigenvalue weighted by molar-refractivity contribution is 7.89. The van der Waals surface area contributed by atoms with Gasteiger partial charge in [-0.3, -0.25) is 4.79 Å². The maximum absolute atomic E-state index is 12.5. The lowest BCUT2D eigenvalue weighted by atomic mass is 10.1. The number of fused-ring (bicyclic) bond motifs is 2. The number of amides is 1. The normalized spacial score (nSPS) is 13.5. The van der Waals surface area contributed by atoms with E-state index in [2.05, 4.69) is 10.0 Å². The van der Waals surface area contributed by atoms with Crippen LogP contribution in [0, 0.1) is 0 Å². The number of nitrogens with one attached hydrogen (secondary N) is 2. The third-order valence-electron chi connectivity index (χ3n) is 4.84. The van der Waals surface area contributed by atoms with E-state index < -0.39 is 15.9 Å². The molecule has 138 valence electrons. The maximum Gasteiger partial charge on any atom is 0.241 e. The summed E-state index contributed by atoms with van der Waals surface area (Å²) >= 11 is 0. The number of rotatable bonds is 5. The largest absolute Gasteiger partial charge is 0.325 e. The van der Waals surface area contributed by atoms with Gasteiger partial charge in [-0.15, -0.1) is 0 Å². The lowest BCUT2D eigenvalue weighted by Gasteiger charge is -2.10. The molecule has 1 aliphatic carbocycles. The summed E-state index contributed by atoms with van der Waals surface area (Å²) in [5.41, 5.74) is 3.28. The molecule has 0 saturated heterocycles. The Balaban J connectivity index is 1.42. The second kappa shape index (κ2) is 7.13. The fourth-order valence-corrected chi connectivity index (χ4v) is 4.45. The molecule has 4 rings (SSSR count). The van der Waals surface area contributed by atoms with Crippen LogP contribution in [-0.4, -0.2) is 20.9 Å². The summed E-state index contributed by atoms with van der Waals surface area (Å²) in [6.07, 6.45) is 3.24. The van der Waals surface area contributed by atoms with Crippen molar-refractivity contribution in [2.45, 2.75) is 24.2 Å². The molecule has 6 heteroatoms. The number of sulfonamides is 1. The summed E-state index contributed by atoms with van der Waals surface area (Å²) < 4.78 is 27.4. The van der Waals surface area contributed by atoms with Crippen LogP contribution in [0.1, 0.15) is 17.5 Å². The van der Waals surface area contributed by atoms with Crippen molar-refractivity contribution in [3.63, 3.8) is 0 Å². The Kier molecular flexibility index (Phi) is 4.68. The topological polar surface area (TPSA) is 75.3 Å². The Hall–Kier alpha value is -2.70. The molecule has 0 aliphatic heterocycles. The van der Waals surface area contributed by atoms with E-state index in [-0.39, 0.29) is 11.4 Å². The van der Waals surface area contributed by atoms with Crippen LogP contribution in [0.2, 0.25) is 0 Å². The van der Waals surface area contributed by atoms with E-state index in [9.17, 15) is 13.2 Å². The second-order valence-electron chi connectivity index (χ2n) is 6.72. The van der Waals surface area contributed by atoms with Gasteiger partial charge in [-0.2, -0.15) is 0 Å². The third-order valence-corrected chi connectivity index (χ3v) is 6.24. The molecular formula is C21H20N2O3S. The minimum Gasteiger partial charge on any atom is -0.325 e. The molecule has 0 fully saturated rings. The molecule has 2 N–H and O–H groups in total. The first kappa shape index (κ1) is 17.7. The van der Waals surface area contributed by atoms with Crippen LogP contribution in [0.25, 0.3) is 10.8 Å². The summed E-state index contributed by atoms with van der Waals surface area (Å²) in [4.78, 5) is 12.3. The van der Waals surface area contributed by atoms with E-state index in [1.165, 1.54) is 11.1 Å². The lowest BCUT2D eigenvalue weighted by Crippen LogP contribution is -2.32. The molecule has 1 aliphatic rings. The molecule has 0 unspecified atom stereocenters. The van der Waals surface area contributed by atoms with Crippen LogP contribution >= 0.6 is 0 Å². The average molecular weight is 380 g/mol. The van der Waals surface area contributed by atoms with Crippen LogP contribution < -0.4 is 10.0 Å². The van der Waals surface area contributed by atoms with Crippen LogP contribution in [-0.2, 0) is 27.7 Å². The number of hydrogen-bond acceptors (Lipinski definition) is 3. The van der Waals surface area contributed by atoms with Crippen LogP contribution in [0.5, 0.6) is 0 Å². The average Bonchev–Trinajstić information content (AvgIpc) is 3.14. The van der Waals surface area contributed by atoms with Gasteiger partial charge in [0.05, 0.1) is 11.4 Å². The maximum atomic E-state index is 12.5. The fraction of sp³-hybridized carbons (Fsp3) is 0.190. The second-order valence-corrected chi connectivity index (χ2v) is 8.49. The highest BCUT2D eigenvalue weighted by Gasteiger charge is 2.17. The summed E-state index contributed by atoms with van der Waals surface area (Å²) in [6.45, 7) is -0.313. The fourth-order valence-electron chi connectivity index (χ4n) is 3.43. The summed E-state index contributed by atoms with van der Waals surface area (Å²) in [6, 6.07) is 18.3. The highest BCUT2D eigenvalue weighted by atomic mass is 32.2. The van der Waals surface area contributed by atoms with Gasteiger partial charge in [-0.1, -0.05) is 36.4 Å². The molecule has 0 atom stereocenters. The quantitative estimate of drug-likeness (QED) is 0.713. The van der Waals surface area contributed by atoms with Gasteiger partial charge in [0.25, 0.3) is 0 Å². The number of hydrogen-bond donors (Lipinski definition) is 2. The Morgan fingerprint density at radius 2 is 1.67 bits per heavy atom. The van der Waals surface area contributed by atoms with Gasteiger partial charge in [0.15, 0.2) is 0 Å². The summed E-state index contributed by atoms with van der Waals surface area (Å²) in [7, 11) is -3.76. The third kappa shape index (κ3) is 3.86. The van der Waals surface area contributed by atoms with Crippen molar-refractivity contribution < 1.29 is 13.2 Å². The monoisotopic (exact) mass is 380 g/mol. The van der Waals surface area contributed by atoms with E-state index >= 15 is 0 Å². The first-order chi connectivity index (χ1) is 13.0. The van der Waals surface area contributed by atoms with Crippen molar-refractivity contribution in [1.29, 1.82) is 0 Å². The van der Waals surface area contributed by atoms with Crippen molar-refractivity contribution >= 4 is 32.4 Å². The molecule has 0 spiro atoms. The zero-order chi connectivity index (χ0) is 18.9. The van der Waals surface area contributed by atoms with Gasteiger partial charge >= 0.3 is 0 Å². The van der Waals surface area contributed by atoms with Crippen molar-refractivity contribution in [3.8, 4) is 0 Å². The standard InChI is InChI=1S/C21H20N2O3S/c24-21(23-19-10-8-16-6-3-7-17(16)12-19)14-22-27(25,26)20-11-9-15-4-1-2-5-18(15)13-20/h1-2,4-5,8-13,22H,3,6-7,14H2,(H,23,24). The number of carbonyl (C=O) groups is 1. The minimum absolute atomic E-state index is 0.145. The van der Waals surface area contributed by atoms with Crippen molar-refractivity contribution in [2.24, 2.45) is 0 Å². The predicted octanol–water partition coefficient (Wildman–Crippen LogP) is 3.25. The van der Waals surface area contributed by atoms with Crippen LogP contribution in [0.3, 0.4) is 0 Å². The summed E-state index contributed by atoms with van der Waals surface area (Å²) in [5, 5.41) is 4.56. The van der Waals surface area contributed by atoms with Gasteiger partial charge in [-0.05, 0) is 65.4 Å². The molecule has 3 aromatic rings.